The summed E-state index contributed by atoms with van der Waals surface area (Å²) in [5.74, 6) is -0.258. The molecule has 0 aliphatic rings. The average molecular weight is 327 g/mol. The van der Waals surface area contributed by atoms with Crippen molar-refractivity contribution in [3.63, 3.8) is 0 Å². The van der Waals surface area contributed by atoms with Crippen LogP contribution < -0.4 is 5.73 Å². The van der Waals surface area contributed by atoms with Crippen molar-refractivity contribution in [1.82, 2.24) is 4.90 Å². The molecule has 2 rings (SSSR count). The Labute approximate surface area is 134 Å². The molecule has 0 bridgehead atoms. The molecule has 0 saturated carbocycles. The van der Waals surface area contributed by atoms with Gasteiger partial charge in [-0.1, -0.05) is 17.7 Å². The van der Waals surface area contributed by atoms with E-state index < -0.39 is 0 Å². The summed E-state index contributed by atoms with van der Waals surface area (Å²) in [5, 5.41) is 2.58. The topological polar surface area (TPSA) is 29.3 Å². The molecular formula is C16H20ClFN2S. The van der Waals surface area contributed by atoms with Gasteiger partial charge < -0.3 is 5.73 Å². The molecule has 0 radical (unpaired) electrons. The molecule has 1 aromatic carbocycles. The Bertz CT molecular complexity index is 572. The number of rotatable bonds is 6. The van der Waals surface area contributed by atoms with Gasteiger partial charge in [0.15, 0.2) is 0 Å². The van der Waals surface area contributed by atoms with Crippen molar-refractivity contribution < 1.29 is 4.39 Å². The van der Waals surface area contributed by atoms with Gasteiger partial charge >= 0.3 is 0 Å². The molecule has 0 aliphatic carbocycles. The van der Waals surface area contributed by atoms with E-state index in [2.05, 4.69) is 24.8 Å². The summed E-state index contributed by atoms with van der Waals surface area (Å²) in [6.45, 7) is 5.29. The van der Waals surface area contributed by atoms with Gasteiger partial charge in [0.1, 0.15) is 5.82 Å². The summed E-state index contributed by atoms with van der Waals surface area (Å²) in [5.41, 5.74) is 6.51. The monoisotopic (exact) mass is 326 g/mol. The SMILES string of the molecule is CC(C)N(Cc1cccs1)C(CN)c1cc(Cl)ccc1F. The van der Waals surface area contributed by atoms with Crippen molar-refractivity contribution >= 4 is 22.9 Å². The number of nitrogens with two attached hydrogens (primary N) is 1. The fraction of sp³-hybridized carbons (Fsp3) is 0.375. The Kier molecular flexibility index (Phi) is 5.76. The second kappa shape index (κ2) is 7.36. The molecule has 0 fully saturated rings. The molecule has 0 spiro atoms. The van der Waals surface area contributed by atoms with Gasteiger partial charge in [-0.05, 0) is 43.5 Å². The first-order valence-corrected chi connectivity index (χ1v) is 8.21. The lowest BCUT2D eigenvalue weighted by atomic mass is 10.0. The maximum absolute atomic E-state index is 14.2. The van der Waals surface area contributed by atoms with Crippen LogP contribution in [-0.4, -0.2) is 17.5 Å². The zero-order chi connectivity index (χ0) is 15.4. The van der Waals surface area contributed by atoms with Gasteiger partial charge in [0.05, 0.1) is 6.04 Å². The second-order valence-electron chi connectivity index (χ2n) is 5.26. The Morgan fingerprint density at radius 1 is 1.33 bits per heavy atom. The maximum Gasteiger partial charge on any atom is 0.128 e. The van der Waals surface area contributed by atoms with E-state index in [1.807, 2.05) is 11.4 Å². The van der Waals surface area contributed by atoms with E-state index in [0.29, 0.717) is 17.1 Å². The highest BCUT2D eigenvalue weighted by molar-refractivity contribution is 7.09. The fourth-order valence-electron chi connectivity index (χ4n) is 2.45. The van der Waals surface area contributed by atoms with E-state index in [0.717, 1.165) is 6.54 Å². The summed E-state index contributed by atoms with van der Waals surface area (Å²) >= 11 is 7.72. The van der Waals surface area contributed by atoms with Crippen LogP contribution in [-0.2, 0) is 6.54 Å². The number of hydrogen-bond acceptors (Lipinski definition) is 3. The largest absolute Gasteiger partial charge is 0.329 e. The van der Waals surface area contributed by atoms with Crippen LogP contribution in [0.2, 0.25) is 5.02 Å². The lowest BCUT2D eigenvalue weighted by Crippen LogP contribution is -2.38. The van der Waals surface area contributed by atoms with Crippen molar-refractivity contribution in [3.05, 3.63) is 57.0 Å². The molecule has 21 heavy (non-hydrogen) atoms. The van der Waals surface area contributed by atoms with E-state index in [4.69, 9.17) is 17.3 Å². The number of nitrogens with zero attached hydrogens (tertiary/aromatic N) is 1. The molecule has 1 atom stereocenters. The van der Waals surface area contributed by atoms with Crippen LogP contribution in [0.4, 0.5) is 4.39 Å². The minimum Gasteiger partial charge on any atom is -0.329 e. The number of hydrogen-bond donors (Lipinski definition) is 1. The molecule has 0 aliphatic heterocycles. The summed E-state index contributed by atoms with van der Waals surface area (Å²) in [6, 6.07) is 8.82. The van der Waals surface area contributed by atoms with Crippen molar-refractivity contribution in [2.24, 2.45) is 5.73 Å². The zero-order valence-corrected chi connectivity index (χ0v) is 13.8. The van der Waals surface area contributed by atoms with Gasteiger partial charge in [-0.15, -0.1) is 11.3 Å². The van der Waals surface area contributed by atoms with Crippen LogP contribution in [0.5, 0.6) is 0 Å². The van der Waals surface area contributed by atoms with Gasteiger partial charge in [0.25, 0.3) is 0 Å². The lowest BCUT2D eigenvalue weighted by Gasteiger charge is -2.34. The van der Waals surface area contributed by atoms with Gasteiger partial charge in [-0.2, -0.15) is 0 Å². The summed E-state index contributed by atoms with van der Waals surface area (Å²) in [6.07, 6.45) is 0. The highest BCUT2D eigenvalue weighted by Gasteiger charge is 2.25. The molecule has 1 heterocycles. The number of benzene rings is 1. The van der Waals surface area contributed by atoms with Crippen molar-refractivity contribution in [3.8, 4) is 0 Å². The Hall–Kier alpha value is -0.940. The summed E-state index contributed by atoms with van der Waals surface area (Å²) in [7, 11) is 0. The molecule has 5 heteroatoms. The minimum absolute atomic E-state index is 0.189. The highest BCUT2D eigenvalue weighted by Crippen LogP contribution is 2.29. The lowest BCUT2D eigenvalue weighted by molar-refractivity contribution is 0.146. The van der Waals surface area contributed by atoms with E-state index in [-0.39, 0.29) is 17.9 Å². The third-order valence-electron chi connectivity index (χ3n) is 3.52. The van der Waals surface area contributed by atoms with E-state index in [9.17, 15) is 4.39 Å². The first kappa shape index (κ1) is 16.4. The molecule has 1 aromatic heterocycles. The average Bonchev–Trinajstić information content (AvgIpc) is 2.95. The first-order chi connectivity index (χ1) is 10.0. The number of thiophene rings is 1. The molecular weight excluding hydrogens is 307 g/mol. The molecule has 114 valence electrons. The van der Waals surface area contributed by atoms with Gasteiger partial charge in [0, 0.05) is 34.6 Å². The summed E-state index contributed by atoms with van der Waals surface area (Å²) in [4.78, 5) is 3.45. The molecule has 2 nitrogen and oxygen atoms in total. The van der Waals surface area contributed by atoms with Gasteiger partial charge in [-0.25, -0.2) is 4.39 Å². The predicted molar refractivity (Wildman–Crippen MR) is 88.2 cm³/mol. The Balaban J connectivity index is 2.33. The van der Waals surface area contributed by atoms with Crippen molar-refractivity contribution in [2.45, 2.75) is 32.5 Å². The molecule has 0 amide bonds. The molecule has 2 N–H and O–H groups in total. The zero-order valence-electron chi connectivity index (χ0n) is 12.2. The fourth-order valence-corrected chi connectivity index (χ4v) is 3.34. The van der Waals surface area contributed by atoms with Crippen LogP contribution in [0.1, 0.15) is 30.3 Å². The normalized spacial score (nSPS) is 13.1. The maximum atomic E-state index is 14.2. The van der Waals surface area contributed by atoms with Crippen LogP contribution in [0, 0.1) is 5.82 Å². The summed E-state index contributed by atoms with van der Waals surface area (Å²) < 4.78 is 14.2. The molecule has 2 aromatic rings. The first-order valence-electron chi connectivity index (χ1n) is 6.96. The van der Waals surface area contributed by atoms with Crippen LogP contribution in [0.3, 0.4) is 0 Å². The van der Waals surface area contributed by atoms with Crippen molar-refractivity contribution in [1.29, 1.82) is 0 Å². The van der Waals surface area contributed by atoms with Gasteiger partial charge in [0.2, 0.25) is 0 Å². The predicted octanol–water partition coefficient (Wildman–Crippen LogP) is 4.45. The van der Waals surface area contributed by atoms with E-state index in [1.165, 1.54) is 10.9 Å². The van der Waals surface area contributed by atoms with E-state index >= 15 is 0 Å². The smallest absolute Gasteiger partial charge is 0.128 e. The third kappa shape index (κ3) is 4.04. The second-order valence-corrected chi connectivity index (χ2v) is 6.73. The minimum atomic E-state index is -0.258. The molecule has 1 unspecified atom stereocenters. The Morgan fingerprint density at radius 3 is 2.67 bits per heavy atom. The molecule has 0 saturated heterocycles. The quantitative estimate of drug-likeness (QED) is 0.849. The standard InChI is InChI=1S/C16H20ClFN2S/c1-11(2)20(10-13-4-3-7-21-13)16(9-19)14-8-12(17)5-6-15(14)18/h3-8,11,16H,9-10,19H2,1-2H3. The van der Waals surface area contributed by atoms with Crippen molar-refractivity contribution in [2.75, 3.05) is 6.54 Å². The number of halogens is 2. The Morgan fingerprint density at radius 2 is 2.10 bits per heavy atom. The highest BCUT2D eigenvalue weighted by atomic mass is 35.5. The van der Waals surface area contributed by atoms with Crippen LogP contribution in [0.15, 0.2) is 35.7 Å². The van der Waals surface area contributed by atoms with Crippen LogP contribution >= 0.6 is 22.9 Å². The van der Waals surface area contributed by atoms with Gasteiger partial charge in [-0.3, -0.25) is 4.90 Å². The van der Waals surface area contributed by atoms with Crippen LogP contribution in [0.25, 0.3) is 0 Å². The third-order valence-corrected chi connectivity index (χ3v) is 4.62. The van der Waals surface area contributed by atoms with E-state index in [1.54, 1.807) is 23.5 Å².